The minimum atomic E-state index is -0.331. The Morgan fingerprint density at radius 2 is 1.84 bits per heavy atom. The maximum absolute atomic E-state index is 14.1. The highest BCUT2D eigenvalue weighted by atomic mass is 19.1. The van der Waals surface area contributed by atoms with Crippen molar-refractivity contribution < 1.29 is 9.29 Å². The van der Waals surface area contributed by atoms with Gasteiger partial charge in [0.25, 0.3) is 5.56 Å². The summed E-state index contributed by atoms with van der Waals surface area (Å²) in [5, 5.41) is 4.50. The molecule has 0 spiro atoms. The normalized spacial score (nSPS) is 16.7. The average Bonchev–Trinajstić information content (AvgIpc) is 3.45. The van der Waals surface area contributed by atoms with Gasteiger partial charge < -0.3 is 9.47 Å². The molecule has 5 nitrogen and oxygen atoms in total. The van der Waals surface area contributed by atoms with Crippen LogP contribution in [0.4, 0.5) is 4.39 Å². The second-order valence-corrected chi connectivity index (χ2v) is 10.4. The van der Waals surface area contributed by atoms with Crippen molar-refractivity contribution in [1.82, 2.24) is 14.3 Å². The third kappa shape index (κ3) is 4.58. The maximum atomic E-state index is 14.1. The summed E-state index contributed by atoms with van der Waals surface area (Å²) in [6.07, 6.45) is 3.83. The number of allylic oxidation sites excluding steroid dienone is 1. The van der Waals surface area contributed by atoms with Gasteiger partial charge in [0, 0.05) is 41.6 Å². The largest absolute Gasteiger partial charge is 0.327 e. The number of nitrogens with zero attached hydrogens (tertiary/aromatic N) is 3. The minimum absolute atomic E-state index is 0.0556. The van der Waals surface area contributed by atoms with Gasteiger partial charge in [-0.3, -0.25) is 9.48 Å². The first-order valence-electron chi connectivity index (χ1n) is 13.1. The summed E-state index contributed by atoms with van der Waals surface area (Å²) in [6, 6.07) is 19.1. The molecule has 1 atom stereocenters. The van der Waals surface area contributed by atoms with Crippen LogP contribution in [0.3, 0.4) is 0 Å². The molecular formula is C31H32FN4O+. The summed E-state index contributed by atoms with van der Waals surface area (Å²) < 4.78 is 17.9. The molecule has 2 aliphatic rings. The molecule has 0 saturated carbocycles. The molecule has 1 aliphatic heterocycles. The van der Waals surface area contributed by atoms with Gasteiger partial charge in [0.1, 0.15) is 18.9 Å². The maximum Gasteiger partial charge on any atom is 0.258 e. The van der Waals surface area contributed by atoms with Crippen molar-refractivity contribution in [3.63, 3.8) is 0 Å². The summed E-state index contributed by atoms with van der Waals surface area (Å²) in [4.78, 5) is 15.2. The smallest absolute Gasteiger partial charge is 0.258 e. The second-order valence-electron chi connectivity index (χ2n) is 10.4. The summed E-state index contributed by atoms with van der Waals surface area (Å²) in [5.74, 6) is -0.331. The van der Waals surface area contributed by atoms with Crippen molar-refractivity contribution >= 4 is 5.57 Å². The van der Waals surface area contributed by atoms with Gasteiger partial charge >= 0.3 is 0 Å². The molecule has 1 unspecified atom stereocenters. The van der Waals surface area contributed by atoms with E-state index in [0.717, 1.165) is 43.9 Å². The number of rotatable bonds is 6. The fraction of sp³-hybridized carbons (Fsp3) is 0.290. The first kappa shape index (κ1) is 23.6. The topological polar surface area (TPSA) is 44.3 Å². The number of aryl methyl sites for hydroxylation is 2. The monoisotopic (exact) mass is 495 g/mol. The SMILES string of the molecule is CC1=C(C[NH+]2CCc3c(cc(-c4cccc(F)c4)c(=O)n3CCn3ccc(C)n3)C2)c2ccccc2C1. The molecule has 0 saturated heterocycles. The summed E-state index contributed by atoms with van der Waals surface area (Å²) >= 11 is 0. The van der Waals surface area contributed by atoms with E-state index in [-0.39, 0.29) is 11.4 Å². The third-order valence-electron chi connectivity index (χ3n) is 7.85. The predicted molar refractivity (Wildman–Crippen MR) is 144 cm³/mol. The molecular weight excluding hydrogens is 463 g/mol. The highest BCUT2D eigenvalue weighted by molar-refractivity contribution is 5.76. The second kappa shape index (κ2) is 9.60. The van der Waals surface area contributed by atoms with Crippen molar-refractivity contribution in [2.24, 2.45) is 0 Å². The molecule has 4 aromatic rings. The number of pyridine rings is 1. The fourth-order valence-corrected chi connectivity index (χ4v) is 5.99. The van der Waals surface area contributed by atoms with Crippen LogP contribution in [0.5, 0.6) is 0 Å². The number of hydrogen-bond acceptors (Lipinski definition) is 2. The van der Waals surface area contributed by atoms with E-state index in [4.69, 9.17) is 0 Å². The Hall–Kier alpha value is -3.77. The molecule has 2 aromatic carbocycles. The van der Waals surface area contributed by atoms with Gasteiger partial charge in [-0.15, -0.1) is 0 Å². The van der Waals surface area contributed by atoms with E-state index in [1.807, 2.05) is 40.6 Å². The number of aromatic nitrogens is 3. The van der Waals surface area contributed by atoms with Crippen molar-refractivity contribution in [1.29, 1.82) is 0 Å². The lowest BCUT2D eigenvalue weighted by Crippen LogP contribution is -3.11. The van der Waals surface area contributed by atoms with Gasteiger partial charge in [-0.25, -0.2) is 4.39 Å². The van der Waals surface area contributed by atoms with Crippen molar-refractivity contribution in [3.8, 4) is 11.1 Å². The lowest BCUT2D eigenvalue weighted by molar-refractivity contribution is -0.908. The Kier molecular flexibility index (Phi) is 6.13. The van der Waals surface area contributed by atoms with Crippen LogP contribution >= 0.6 is 0 Å². The summed E-state index contributed by atoms with van der Waals surface area (Å²) in [5.41, 5.74) is 10.1. The van der Waals surface area contributed by atoms with Crippen LogP contribution < -0.4 is 10.5 Å². The van der Waals surface area contributed by atoms with Gasteiger partial charge in [-0.05, 0) is 61.2 Å². The molecule has 188 valence electrons. The van der Waals surface area contributed by atoms with Crippen molar-refractivity contribution in [2.45, 2.75) is 46.3 Å². The molecule has 6 rings (SSSR count). The van der Waals surface area contributed by atoms with Crippen LogP contribution in [0.1, 0.15) is 35.0 Å². The standard InChI is InChI=1S/C31H31FN4O/c1-21-16-23-6-3-4-9-27(23)29(21)20-34-12-11-30-25(19-34)18-28(24-7-5-8-26(32)17-24)31(37)36(30)15-14-35-13-10-22(2)33-35/h3-10,13,17-18H,11-12,14-16,19-20H2,1-2H3/p+1. The van der Waals surface area contributed by atoms with Crippen LogP contribution in [-0.4, -0.2) is 27.4 Å². The number of fused-ring (bicyclic) bond motifs is 2. The zero-order valence-electron chi connectivity index (χ0n) is 21.4. The van der Waals surface area contributed by atoms with E-state index < -0.39 is 0 Å². The molecule has 1 N–H and O–H groups in total. The van der Waals surface area contributed by atoms with E-state index >= 15 is 0 Å². The summed E-state index contributed by atoms with van der Waals surface area (Å²) in [7, 11) is 0. The van der Waals surface area contributed by atoms with Gasteiger partial charge in [0.2, 0.25) is 0 Å². The molecule has 0 amide bonds. The Morgan fingerprint density at radius 1 is 0.973 bits per heavy atom. The Labute approximate surface area is 216 Å². The van der Waals surface area contributed by atoms with E-state index in [9.17, 15) is 9.18 Å². The highest BCUT2D eigenvalue weighted by Gasteiger charge is 2.28. The van der Waals surface area contributed by atoms with Gasteiger partial charge in [0.15, 0.2) is 0 Å². The van der Waals surface area contributed by atoms with E-state index in [2.05, 4.69) is 36.3 Å². The molecule has 37 heavy (non-hydrogen) atoms. The van der Waals surface area contributed by atoms with Crippen LogP contribution in [0.15, 0.2) is 77.2 Å². The Balaban J connectivity index is 1.35. The average molecular weight is 496 g/mol. The molecule has 0 bridgehead atoms. The minimum Gasteiger partial charge on any atom is -0.327 e. The van der Waals surface area contributed by atoms with Crippen molar-refractivity contribution in [2.75, 3.05) is 13.1 Å². The zero-order chi connectivity index (χ0) is 25.5. The van der Waals surface area contributed by atoms with Gasteiger partial charge in [-0.2, -0.15) is 5.10 Å². The molecule has 2 aromatic heterocycles. The number of halogens is 1. The van der Waals surface area contributed by atoms with Gasteiger partial charge in [0.05, 0.1) is 18.8 Å². The molecule has 0 radical (unpaired) electrons. The van der Waals surface area contributed by atoms with E-state index in [0.29, 0.717) is 24.2 Å². The molecule has 3 heterocycles. The van der Waals surface area contributed by atoms with E-state index in [1.165, 1.54) is 44.9 Å². The van der Waals surface area contributed by atoms with Crippen LogP contribution in [0.2, 0.25) is 0 Å². The van der Waals surface area contributed by atoms with Crippen molar-refractivity contribution in [3.05, 3.63) is 117 Å². The Bertz CT molecular complexity index is 1580. The fourth-order valence-electron chi connectivity index (χ4n) is 5.99. The number of nitrogens with one attached hydrogen (secondary N) is 1. The van der Waals surface area contributed by atoms with Crippen LogP contribution in [0.25, 0.3) is 16.7 Å². The lowest BCUT2D eigenvalue weighted by atomic mass is 9.97. The van der Waals surface area contributed by atoms with Crippen LogP contribution in [-0.2, 0) is 32.5 Å². The first-order valence-corrected chi connectivity index (χ1v) is 13.1. The molecule has 1 aliphatic carbocycles. The quantitative estimate of drug-likeness (QED) is 0.442. The predicted octanol–water partition coefficient (Wildman–Crippen LogP) is 3.83. The first-order chi connectivity index (χ1) is 18.0. The highest BCUT2D eigenvalue weighted by Crippen LogP contribution is 2.31. The van der Waals surface area contributed by atoms with Gasteiger partial charge in [-0.1, -0.05) is 42.0 Å². The lowest BCUT2D eigenvalue weighted by Gasteiger charge is -2.29. The molecule has 0 fully saturated rings. The summed E-state index contributed by atoms with van der Waals surface area (Å²) in [6.45, 7) is 8.17. The van der Waals surface area contributed by atoms with E-state index in [1.54, 1.807) is 6.07 Å². The molecule has 6 heteroatoms. The number of quaternary nitrogens is 1. The third-order valence-corrected chi connectivity index (χ3v) is 7.85. The number of hydrogen-bond donors (Lipinski definition) is 1. The zero-order valence-corrected chi connectivity index (χ0v) is 21.4. The Morgan fingerprint density at radius 3 is 2.65 bits per heavy atom. The number of benzene rings is 2. The van der Waals surface area contributed by atoms with Crippen LogP contribution in [0, 0.1) is 12.7 Å².